The molecule has 6 nitrogen and oxygen atoms in total. The van der Waals surface area contributed by atoms with Crippen molar-refractivity contribution >= 4 is 5.91 Å². The summed E-state index contributed by atoms with van der Waals surface area (Å²) in [4.78, 5) is 13.1. The predicted molar refractivity (Wildman–Crippen MR) is 67.2 cm³/mol. The zero-order chi connectivity index (χ0) is 14.1. The van der Waals surface area contributed by atoms with Gasteiger partial charge in [0.05, 0.1) is 25.9 Å². The van der Waals surface area contributed by atoms with E-state index in [1.54, 1.807) is 12.0 Å². The molecule has 2 unspecified atom stereocenters. The Labute approximate surface area is 108 Å². The van der Waals surface area contributed by atoms with E-state index in [0.29, 0.717) is 13.2 Å². The highest BCUT2D eigenvalue weighted by Gasteiger charge is 2.20. The van der Waals surface area contributed by atoms with Crippen molar-refractivity contribution in [1.82, 2.24) is 4.90 Å². The third kappa shape index (κ3) is 6.90. The van der Waals surface area contributed by atoms with Gasteiger partial charge in [-0.3, -0.25) is 4.79 Å². The molecular formula is C12H25NO5. The first-order valence-electron chi connectivity index (χ1n) is 6.09. The van der Waals surface area contributed by atoms with Gasteiger partial charge in [-0.2, -0.15) is 0 Å². The number of hydrogen-bond acceptors (Lipinski definition) is 5. The van der Waals surface area contributed by atoms with Crippen LogP contribution in [-0.2, 0) is 14.3 Å². The maximum absolute atomic E-state index is 11.5. The van der Waals surface area contributed by atoms with E-state index in [-0.39, 0.29) is 31.3 Å². The predicted octanol–water partition coefficient (Wildman–Crippen LogP) is -0.372. The summed E-state index contributed by atoms with van der Waals surface area (Å²) in [6, 6.07) is 0.0771. The lowest BCUT2D eigenvalue weighted by Crippen LogP contribution is -2.43. The van der Waals surface area contributed by atoms with Gasteiger partial charge in [-0.15, -0.1) is 0 Å². The molecule has 0 aromatic heterocycles. The summed E-state index contributed by atoms with van der Waals surface area (Å²) in [5, 5.41) is 17.9. The highest BCUT2D eigenvalue weighted by molar-refractivity contribution is 5.73. The van der Waals surface area contributed by atoms with E-state index in [0.717, 1.165) is 0 Å². The molecule has 0 bridgehead atoms. The summed E-state index contributed by atoms with van der Waals surface area (Å²) in [6.07, 6.45) is -1.23. The first-order valence-corrected chi connectivity index (χ1v) is 6.09. The van der Waals surface area contributed by atoms with E-state index in [4.69, 9.17) is 14.6 Å². The number of aliphatic hydroxyl groups is 2. The van der Waals surface area contributed by atoms with Gasteiger partial charge in [-0.05, 0) is 13.8 Å². The van der Waals surface area contributed by atoms with Crippen LogP contribution in [0.5, 0.6) is 0 Å². The van der Waals surface area contributed by atoms with Gasteiger partial charge < -0.3 is 24.6 Å². The number of nitrogens with zero attached hydrogens (tertiary/aromatic N) is 1. The zero-order valence-corrected chi connectivity index (χ0v) is 11.6. The SMILES string of the molecule is COCC(CN(C(C)=O)C(C)C)OCC(O)CO. The minimum Gasteiger partial charge on any atom is -0.394 e. The van der Waals surface area contributed by atoms with Crippen molar-refractivity contribution in [3.05, 3.63) is 0 Å². The maximum Gasteiger partial charge on any atom is 0.219 e. The van der Waals surface area contributed by atoms with E-state index in [9.17, 15) is 9.90 Å². The van der Waals surface area contributed by atoms with Crippen molar-refractivity contribution in [3.8, 4) is 0 Å². The van der Waals surface area contributed by atoms with Gasteiger partial charge in [-0.25, -0.2) is 0 Å². The van der Waals surface area contributed by atoms with Crippen molar-refractivity contribution in [2.45, 2.75) is 39.0 Å². The number of carbonyl (C=O) groups is 1. The monoisotopic (exact) mass is 263 g/mol. The molecule has 0 saturated heterocycles. The number of rotatable bonds is 9. The van der Waals surface area contributed by atoms with E-state index in [1.165, 1.54) is 6.92 Å². The number of carbonyl (C=O) groups excluding carboxylic acids is 1. The summed E-state index contributed by atoms with van der Waals surface area (Å²) in [7, 11) is 1.55. The van der Waals surface area contributed by atoms with Crippen LogP contribution in [-0.4, -0.2) is 72.7 Å². The topological polar surface area (TPSA) is 79.2 Å². The van der Waals surface area contributed by atoms with Crippen LogP contribution < -0.4 is 0 Å². The number of hydrogen-bond donors (Lipinski definition) is 2. The van der Waals surface area contributed by atoms with Crippen LogP contribution in [0.25, 0.3) is 0 Å². The lowest BCUT2D eigenvalue weighted by molar-refractivity contribution is -0.134. The van der Waals surface area contributed by atoms with Gasteiger partial charge in [0.2, 0.25) is 5.91 Å². The Balaban J connectivity index is 4.35. The lowest BCUT2D eigenvalue weighted by atomic mass is 10.2. The third-order valence-corrected chi connectivity index (χ3v) is 2.52. The number of ether oxygens (including phenoxy) is 2. The average Bonchev–Trinajstić information content (AvgIpc) is 2.31. The van der Waals surface area contributed by atoms with Crippen molar-refractivity contribution in [2.24, 2.45) is 0 Å². The number of methoxy groups -OCH3 is 1. The molecule has 0 heterocycles. The van der Waals surface area contributed by atoms with Crippen molar-refractivity contribution < 1.29 is 24.5 Å². The summed E-state index contributed by atoms with van der Waals surface area (Å²) in [6.45, 7) is 5.76. The van der Waals surface area contributed by atoms with Gasteiger partial charge in [0, 0.05) is 26.6 Å². The summed E-state index contributed by atoms with van der Waals surface area (Å²) in [5.74, 6) is -0.0302. The van der Waals surface area contributed by atoms with E-state index < -0.39 is 6.10 Å². The van der Waals surface area contributed by atoms with Gasteiger partial charge in [0.1, 0.15) is 6.10 Å². The molecule has 1 amide bonds. The molecule has 0 fully saturated rings. The first-order chi connectivity index (χ1) is 8.42. The van der Waals surface area contributed by atoms with Crippen molar-refractivity contribution in [2.75, 3.05) is 33.5 Å². The molecule has 0 radical (unpaired) electrons. The van der Waals surface area contributed by atoms with Gasteiger partial charge in [0.15, 0.2) is 0 Å². The second kappa shape index (κ2) is 9.27. The highest BCUT2D eigenvalue weighted by atomic mass is 16.5. The maximum atomic E-state index is 11.5. The fourth-order valence-electron chi connectivity index (χ4n) is 1.56. The average molecular weight is 263 g/mol. The fraction of sp³-hybridized carbons (Fsp3) is 0.917. The molecule has 0 saturated carbocycles. The number of amides is 1. The quantitative estimate of drug-likeness (QED) is 0.593. The third-order valence-electron chi connectivity index (χ3n) is 2.52. The Morgan fingerprint density at radius 2 is 1.94 bits per heavy atom. The van der Waals surface area contributed by atoms with Crippen LogP contribution in [0.4, 0.5) is 0 Å². The zero-order valence-electron chi connectivity index (χ0n) is 11.6. The summed E-state index contributed by atoms with van der Waals surface area (Å²) >= 11 is 0. The molecule has 0 rings (SSSR count). The van der Waals surface area contributed by atoms with Crippen LogP contribution in [0.15, 0.2) is 0 Å². The van der Waals surface area contributed by atoms with E-state index in [1.807, 2.05) is 13.8 Å². The van der Waals surface area contributed by atoms with Crippen molar-refractivity contribution in [1.29, 1.82) is 0 Å². The largest absolute Gasteiger partial charge is 0.394 e. The Kier molecular flexibility index (Phi) is 8.91. The van der Waals surface area contributed by atoms with Gasteiger partial charge in [0.25, 0.3) is 0 Å². The molecule has 108 valence electrons. The molecule has 0 aromatic rings. The van der Waals surface area contributed by atoms with Crippen LogP contribution >= 0.6 is 0 Å². The second-order valence-electron chi connectivity index (χ2n) is 4.51. The Bertz CT molecular complexity index is 235. The standard InChI is InChI=1S/C12H25NO5/c1-9(2)13(10(3)15)5-12(8-17-4)18-7-11(16)6-14/h9,11-12,14,16H,5-8H2,1-4H3. The fourth-order valence-corrected chi connectivity index (χ4v) is 1.56. The Hall–Kier alpha value is -0.690. The van der Waals surface area contributed by atoms with Crippen LogP contribution in [0.1, 0.15) is 20.8 Å². The summed E-state index contributed by atoms with van der Waals surface area (Å²) < 4.78 is 10.5. The molecule has 0 aromatic carbocycles. The molecular weight excluding hydrogens is 238 g/mol. The molecule has 18 heavy (non-hydrogen) atoms. The van der Waals surface area contributed by atoms with Crippen LogP contribution in [0.2, 0.25) is 0 Å². The first kappa shape index (κ1) is 17.3. The molecule has 2 N–H and O–H groups in total. The van der Waals surface area contributed by atoms with E-state index >= 15 is 0 Å². The molecule has 6 heteroatoms. The second-order valence-corrected chi connectivity index (χ2v) is 4.51. The minimum absolute atomic E-state index is 0.0222. The molecule has 0 spiro atoms. The molecule has 0 aliphatic carbocycles. The smallest absolute Gasteiger partial charge is 0.219 e. The normalized spacial score (nSPS) is 14.6. The minimum atomic E-state index is -0.908. The molecule has 2 atom stereocenters. The lowest BCUT2D eigenvalue weighted by Gasteiger charge is -2.30. The highest BCUT2D eigenvalue weighted by Crippen LogP contribution is 2.05. The van der Waals surface area contributed by atoms with Gasteiger partial charge in [-0.1, -0.05) is 0 Å². The Morgan fingerprint density at radius 1 is 1.33 bits per heavy atom. The number of aliphatic hydroxyl groups excluding tert-OH is 2. The Morgan fingerprint density at radius 3 is 2.33 bits per heavy atom. The van der Waals surface area contributed by atoms with Gasteiger partial charge >= 0.3 is 0 Å². The van der Waals surface area contributed by atoms with Crippen LogP contribution in [0.3, 0.4) is 0 Å². The molecule has 0 aliphatic rings. The molecule has 0 aliphatic heterocycles. The van der Waals surface area contributed by atoms with E-state index in [2.05, 4.69) is 0 Å². The summed E-state index contributed by atoms with van der Waals surface area (Å²) in [5.41, 5.74) is 0. The van der Waals surface area contributed by atoms with Crippen LogP contribution in [0, 0.1) is 0 Å². The van der Waals surface area contributed by atoms with Crippen molar-refractivity contribution in [3.63, 3.8) is 0 Å².